The Bertz CT molecular complexity index is 473. The maximum atomic E-state index is 11.5. The molecule has 0 amide bonds. The zero-order valence-corrected chi connectivity index (χ0v) is 11.5. The molecule has 100 valence electrons. The number of benzene rings is 1. The van der Waals surface area contributed by atoms with Crippen molar-refractivity contribution in [3.63, 3.8) is 0 Å². The smallest absolute Gasteiger partial charge is 0.211 e. The van der Waals surface area contributed by atoms with Gasteiger partial charge in [-0.1, -0.05) is 30.3 Å². The first-order valence-electron chi connectivity index (χ1n) is 6.28. The molecule has 1 atom stereocenters. The fraction of sp³-hybridized carbons (Fsp3) is 0.538. The maximum Gasteiger partial charge on any atom is 0.211 e. The highest BCUT2D eigenvalue weighted by Gasteiger charge is 2.24. The van der Waals surface area contributed by atoms with Gasteiger partial charge in [0.1, 0.15) is 0 Å². The molecule has 1 aromatic rings. The highest BCUT2D eigenvalue weighted by atomic mass is 32.2. The Morgan fingerprint density at radius 3 is 2.72 bits per heavy atom. The quantitative estimate of drug-likeness (QED) is 0.881. The second-order valence-electron chi connectivity index (χ2n) is 4.80. The molecule has 1 saturated heterocycles. The lowest BCUT2D eigenvalue weighted by Crippen LogP contribution is -2.52. The van der Waals surface area contributed by atoms with Crippen LogP contribution < -0.4 is 5.32 Å². The van der Waals surface area contributed by atoms with E-state index in [2.05, 4.69) is 17.4 Å². The van der Waals surface area contributed by atoms with Crippen molar-refractivity contribution in [1.82, 2.24) is 9.62 Å². The minimum atomic E-state index is -3.05. The van der Waals surface area contributed by atoms with Crippen LogP contribution in [0.1, 0.15) is 12.0 Å². The summed E-state index contributed by atoms with van der Waals surface area (Å²) in [5.41, 5.74) is 1.30. The molecule has 1 aromatic carbocycles. The highest BCUT2D eigenvalue weighted by Crippen LogP contribution is 2.10. The molecule has 2 rings (SSSR count). The first-order chi connectivity index (χ1) is 8.55. The Kier molecular flexibility index (Phi) is 4.37. The second-order valence-corrected chi connectivity index (χ2v) is 6.78. The molecule has 1 N–H and O–H groups in total. The van der Waals surface area contributed by atoms with Crippen LogP contribution in [0.3, 0.4) is 0 Å². The van der Waals surface area contributed by atoms with Gasteiger partial charge in [0.2, 0.25) is 10.0 Å². The molecule has 0 radical (unpaired) electrons. The van der Waals surface area contributed by atoms with Gasteiger partial charge in [-0.25, -0.2) is 8.42 Å². The summed E-state index contributed by atoms with van der Waals surface area (Å²) < 4.78 is 24.6. The first kappa shape index (κ1) is 13.5. The van der Waals surface area contributed by atoms with E-state index in [9.17, 15) is 8.42 Å². The Balaban J connectivity index is 1.87. The van der Waals surface area contributed by atoms with Crippen LogP contribution in [-0.2, 0) is 16.4 Å². The number of nitrogens with zero attached hydrogens (tertiary/aromatic N) is 1. The predicted molar refractivity (Wildman–Crippen MR) is 73.0 cm³/mol. The SMILES string of the molecule is CS(=O)(=O)N1CCNC(CCc2ccccc2)C1. The van der Waals surface area contributed by atoms with Gasteiger partial charge in [-0.15, -0.1) is 0 Å². The van der Waals surface area contributed by atoms with E-state index in [1.807, 2.05) is 18.2 Å². The van der Waals surface area contributed by atoms with Crippen LogP contribution in [-0.4, -0.2) is 44.7 Å². The lowest BCUT2D eigenvalue weighted by atomic mass is 10.0. The predicted octanol–water partition coefficient (Wildman–Crippen LogP) is 0.853. The summed E-state index contributed by atoms with van der Waals surface area (Å²) in [6.07, 6.45) is 3.23. The Morgan fingerprint density at radius 1 is 1.33 bits per heavy atom. The lowest BCUT2D eigenvalue weighted by molar-refractivity contribution is 0.290. The van der Waals surface area contributed by atoms with Crippen molar-refractivity contribution >= 4 is 10.0 Å². The molecule has 0 spiro atoms. The molecular weight excluding hydrogens is 248 g/mol. The molecule has 1 unspecified atom stereocenters. The van der Waals surface area contributed by atoms with Gasteiger partial charge in [-0.2, -0.15) is 4.31 Å². The first-order valence-corrected chi connectivity index (χ1v) is 8.13. The van der Waals surface area contributed by atoms with E-state index >= 15 is 0 Å². The fourth-order valence-corrected chi connectivity index (χ4v) is 3.15. The van der Waals surface area contributed by atoms with Crippen molar-refractivity contribution in [3.8, 4) is 0 Å². The molecule has 5 heteroatoms. The molecule has 0 saturated carbocycles. The third-order valence-corrected chi connectivity index (χ3v) is 4.58. The van der Waals surface area contributed by atoms with Gasteiger partial charge in [0, 0.05) is 25.7 Å². The van der Waals surface area contributed by atoms with E-state index < -0.39 is 10.0 Å². The Hall–Kier alpha value is -0.910. The molecule has 4 nitrogen and oxygen atoms in total. The zero-order chi connectivity index (χ0) is 13.0. The normalized spacial score (nSPS) is 21.9. The average molecular weight is 268 g/mol. The van der Waals surface area contributed by atoms with Crippen LogP contribution in [0.2, 0.25) is 0 Å². The van der Waals surface area contributed by atoms with Gasteiger partial charge in [0.05, 0.1) is 6.26 Å². The summed E-state index contributed by atoms with van der Waals surface area (Å²) in [6.45, 7) is 1.92. The van der Waals surface area contributed by atoms with Crippen LogP contribution in [0.15, 0.2) is 30.3 Å². The van der Waals surface area contributed by atoms with Crippen LogP contribution in [0.5, 0.6) is 0 Å². The van der Waals surface area contributed by atoms with E-state index in [1.165, 1.54) is 11.8 Å². The van der Waals surface area contributed by atoms with Gasteiger partial charge in [0.25, 0.3) is 0 Å². The van der Waals surface area contributed by atoms with Crippen molar-refractivity contribution in [2.75, 3.05) is 25.9 Å². The topological polar surface area (TPSA) is 49.4 Å². The molecule has 0 aromatic heterocycles. The van der Waals surface area contributed by atoms with Crippen molar-refractivity contribution in [2.24, 2.45) is 0 Å². The molecule has 0 bridgehead atoms. The van der Waals surface area contributed by atoms with E-state index in [0.717, 1.165) is 19.4 Å². The summed E-state index contributed by atoms with van der Waals surface area (Å²) >= 11 is 0. The van der Waals surface area contributed by atoms with Gasteiger partial charge in [-0.05, 0) is 18.4 Å². The van der Waals surface area contributed by atoms with E-state index in [1.54, 1.807) is 4.31 Å². The van der Waals surface area contributed by atoms with Crippen molar-refractivity contribution in [1.29, 1.82) is 0 Å². The molecule has 1 fully saturated rings. The van der Waals surface area contributed by atoms with Gasteiger partial charge in [0.15, 0.2) is 0 Å². The maximum absolute atomic E-state index is 11.5. The van der Waals surface area contributed by atoms with Crippen LogP contribution in [0.25, 0.3) is 0 Å². The third-order valence-electron chi connectivity index (χ3n) is 3.31. The second kappa shape index (κ2) is 5.82. The zero-order valence-electron chi connectivity index (χ0n) is 10.7. The Labute approximate surface area is 109 Å². The Morgan fingerprint density at radius 2 is 2.06 bits per heavy atom. The number of hydrogen-bond acceptors (Lipinski definition) is 3. The molecule has 18 heavy (non-hydrogen) atoms. The third kappa shape index (κ3) is 3.80. The number of aryl methyl sites for hydroxylation is 1. The summed E-state index contributed by atoms with van der Waals surface area (Å²) in [6, 6.07) is 10.6. The van der Waals surface area contributed by atoms with E-state index in [-0.39, 0.29) is 6.04 Å². The van der Waals surface area contributed by atoms with Crippen molar-refractivity contribution in [2.45, 2.75) is 18.9 Å². The van der Waals surface area contributed by atoms with E-state index in [0.29, 0.717) is 13.1 Å². The molecule has 0 aliphatic carbocycles. The molecule has 1 aliphatic heterocycles. The molecule has 1 aliphatic rings. The molecular formula is C13H20N2O2S. The number of nitrogens with one attached hydrogen (secondary N) is 1. The lowest BCUT2D eigenvalue weighted by Gasteiger charge is -2.32. The van der Waals surface area contributed by atoms with Crippen LogP contribution in [0, 0.1) is 0 Å². The van der Waals surface area contributed by atoms with Gasteiger partial charge >= 0.3 is 0 Å². The summed E-state index contributed by atoms with van der Waals surface area (Å²) in [4.78, 5) is 0. The average Bonchev–Trinajstić information content (AvgIpc) is 2.37. The highest BCUT2D eigenvalue weighted by molar-refractivity contribution is 7.88. The number of piperazine rings is 1. The fourth-order valence-electron chi connectivity index (χ4n) is 2.28. The van der Waals surface area contributed by atoms with Gasteiger partial charge < -0.3 is 5.32 Å². The van der Waals surface area contributed by atoms with Gasteiger partial charge in [-0.3, -0.25) is 0 Å². The minimum Gasteiger partial charge on any atom is -0.311 e. The summed E-state index contributed by atoms with van der Waals surface area (Å²) in [5.74, 6) is 0. The van der Waals surface area contributed by atoms with Crippen LogP contribution in [0.4, 0.5) is 0 Å². The summed E-state index contributed by atoms with van der Waals surface area (Å²) in [7, 11) is -3.05. The van der Waals surface area contributed by atoms with Crippen LogP contribution >= 0.6 is 0 Å². The van der Waals surface area contributed by atoms with Crippen molar-refractivity contribution < 1.29 is 8.42 Å². The number of rotatable bonds is 4. The largest absolute Gasteiger partial charge is 0.311 e. The number of sulfonamides is 1. The number of hydrogen-bond donors (Lipinski definition) is 1. The monoisotopic (exact) mass is 268 g/mol. The summed E-state index contributed by atoms with van der Waals surface area (Å²) in [5, 5.41) is 3.39. The minimum absolute atomic E-state index is 0.258. The standard InChI is InChI=1S/C13H20N2O2S/c1-18(16,17)15-10-9-14-13(11-15)8-7-12-5-3-2-4-6-12/h2-6,13-14H,7-11H2,1H3. The molecule has 1 heterocycles. The van der Waals surface area contributed by atoms with Crippen molar-refractivity contribution in [3.05, 3.63) is 35.9 Å². The van der Waals surface area contributed by atoms with E-state index in [4.69, 9.17) is 0 Å².